The van der Waals surface area contributed by atoms with Crippen molar-refractivity contribution in [1.82, 2.24) is 20.2 Å². The Bertz CT molecular complexity index is 840. The van der Waals surface area contributed by atoms with Gasteiger partial charge in [-0.3, -0.25) is 9.69 Å². The lowest BCUT2D eigenvalue weighted by Crippen LogP contribution is -2.48. The summed E-state index contributed by atoms with van der Waals surface area (Å²) in [5.41, 5.74) is 1.56. The van der Waals surface area contributed by atoms with E-state index in [0.717, 1.165) is 11.3 Å². The van der Waals surface area contributed by atoms with E-state index in [1.54, 1.807) is 18.5 Å². The van der Waals surface area contributed by atoms with Crippen molar-refractivity contribution in [2.75, 3.05) is 20.2 Å². The zero-order valence-corrected chi connectivity index (χ0v) is 14.8. The van der Waals surface area contributed by atoms with Crippen LogP contribution in [0.2, 0.25) is 5.02 Å². The predicted molar refractivity (Wildman–Crippen MR) is 94.7 cm³/mol. The van der Waals surface area contributed by atoms with E-state index < -0.39 is 12.1 Å². The Kier molecular flexibility index (Phi) is 4.20. The van der Waals surface area contributed by atoms with E-state index in [2.05, 4.69) is 10.3 Å². The minimum atomic E-state index is -1.13. The number of ether oxygens (including phenoxy) is 1. The quantitative estimate of drug-likeness (QED) is 0.699. The highest BCUT2D eigenvalue weighted by atomic mass is 35.5. The standard InChI is InChI=1S/C17H17ClFN5O2/c1-22-9-12-13(18)3-2-4-14(12)26-6-5-20-16(25)17-23-8-11(22)7-21-15(23)10-24(17)19/h2-4,7-8,10,17H,5-6,9H2,1H3,(H,20,25). The third-order valence-corrected chi connectivity index (χ3v) is 4.76. The summed E-state index contributed by atoms with van der Waals surface area (Å²) in [6.45, 7) is 0.970. The van der Waals surface area contributed by atoms with Crippen LogP contribution in [0.25, 0.3) is 0 Å². The van der Waals surface area contributed by atoms with E-state index in [-0.39, 0.29) is 13.2 Å². The molecule has 1 amide bonds. The fraction of sp³-hybridized carbons (Fsp3) is 0.294. The second-order valence-electron chi connectivity index (χ2n) is 6.14. The van der Waals surface area contributed by atoms with Gasteiger partial charge in [-0.2, -0.15) is 5.12 Å². The molecule has 3 heterocycles. The molecule has 1 N–H and O–H groups in total. The summed E-state index contributed by atoms with van der Waals surface area (Å²) in [6, 6.07) is 5.45. The van der Waals surface area contributed by atoms with Crippen LogP contribution in [0.5, 0.6) is 5.75 Å². The second-order valence-corrected chi connectivity index (χ2v) is 6.54. The molecule has 26 heavy (non-hydrogen) atoms. The van der Waals surface area contributed by atoms with Gasteiger partial charge < -0.3 is 15.0 Å². The molecule has 9 heteroatoms. The molecule has 136 valence electrons. The van der Waals surface area contributed by atoms with Crippen LogP contribution in [0.15, 0.2) is 47.1 Å². The molecule has 0 fully saturated rings. The number of amides is 1. The molecule has 3 aliphatic heterocycles. The van der Waals surface area contributed by atoms with Crippen molar-refractivity contribution >= 4 is 23.7 Å². The molecule has 0 saturated carbocycles. The van der Waals surface area contributed by atoms with E-state index in [4.69, 9.17) is 16.3 Å². The molecule has 4 rings (SSSR count). The number of nitrogens with zero attached hydrogens (tertiary/aromatic N) is 4. The number of benzene rings is 1. The Balaban J connectivity index is 1.72. The topological polar surface area (TPSA) is 60.4 Å². The number of carbonyl (C=O) groups excluding carboxylic acids is 1. The Morgan fingerprint density at radius 3 is 3.08 bits per heavy atom. The van der Waals surface area contributed by atoms with E-state index >= 15 is 0 Å². The Hall–Kier alpha value is -2.74. The van der Waals surface area contributed by atoms with Gasteiger partial charge in [-0.1, -0.05) is 22.1 Å². The van der Waals surface area contributed by atoms with E-state index in [9.17, 15) is 9.28 Å². The normalized spacial score (nSPS) is 22.3. The number of carbonyl (C=O) groups is 1. The summed E-state index contributed by atoms with van der Waals surface area (Å²) in [5.74, 6) is 0.553. The van der Waals surface area contributed by atoms with Crippen molar-refractivity contribution in [3.05, 3.63) is 52.7 Å². The van der Waals surface area contributed by atoms with Gasteiger partial charge in [-0.05, 0) is 12.1 Å². The van der Waals surface area contributed by atoms with Crippen LogP contribution in [-0.2, 0) is 11.3 Å². The highest BCUT2D eigenvalue weighted by Crippen LogP contribution is 2.31. The number of halogens is 2. The number of allylic oxidation sites excluding steroid dienone is 1. The van der Waals surface area contributed by atoms with Crippen LogP contribution in [0.4, 0.5) is 4.48 Å². The van der Waals surface area contributed by atoms with Gasteiger partial charge in [0, 0.05) is 30.4 Å². The first-order valence-electron chi connectivity index (χ1n) is 8.14. The largest absolute Gasteiger partial charge is 0.491 e. The van der Waals surface area contributed by atoms with E-state index in [0.29, 0.717) is 28.3 Å². The van der Waals surface area contributed by atoms with Gasteiger partial charge in [0.1, 0.15) is 12.4 Å². The first kappa shape index (κ1) is 16.7. The average Bonchev–Trinajstić information content (AvgIpc) is 2.95. The maximum absolute atomic E-state index is 14.2. The molecule has 0 saturated heterocycles. The van der Waals surface area contributed by atoms with Crippen molar-refractivity contribution in [2.24, 2.45) is 4.99 Å². The Morgan fingerprint density at radius 2 is 2.23 bits per heavy atom. The molecule has 1 atom stereocenters. The van der Waals surface area contributed by atoms with Crippen molar-refractivity contribution in [3.63, 3.8) is 0 Å². The first-order valence-corrected chi connectivity index (χ1v) is 8.51. The minimum Gasteiger partial charge on any atom is -0.491 e. The molecule has 1 unspecified atom stereocenters. The summed E-state index contributed by atoms with van der Waals surface area (Å²) in [7, 11) is 1.87. The summed E-state index contributed by atoms with van der Waals surface area (Å²) < 4.78 is 20.0. The molecular weight excluding hydrogens is 361 g/mol. The van der Waals surface area contributed by atoms with Crippen LogP contribution in [0, 0.1) is 0 Å². The van der Waals surface area contributed by atoms with E-state index in [1.807, 2.05) is 24.1 Å². The number of fused-ring (bicyclic) bond motifs is 1. The number of hydrogen-bond acceptors (Lipinski definition) is 6. The zero-order chi connectivity index (χ0) is 18.3. The highest BCUT2D eigenvalue weighted by Gasteiger charge is 2.39. The van der Waals surface area contributed by atoms with Crippen LogP contribution in [0.1, 0.15) is 5.56 Å². The SMILES string of the molecule is CN1Cc2c(Cl)cccc2OCCNC(=O)C2N(F)C=C3N=CC1=CN32. The van der Waals surface area contributed by atoms with Crippen LogP contribution in [0.3, 0.4) is 0 Å². The van der Waals surface area contributed by atoms with Gasteiger partial charge >= 0.3 is 0 Å². The van der Waals surface area contributed by atoms with Gasteiger partial charge in [-0.15, -0.1) is 0 Å². The summed E-state index contributed by atoms with van der Waals surface area (Å²) in [6.07, 6.45) is 3.41. The molecule has 1 aromatic carbocycles. The van der Waals surface area contributed by atoms with Crippen molar-refractivity contribution in [1.29, 1.82) is 0 Å². The second kappa shape index (κ2) is 6.53. The zero-order valence-electron chi connectivity index (χ0n) is 14.0. The molecule has 0 aromatic heterocycles. The van der Waals surface area contributed by atoms with Crippen molar-refractivity contribution in [3.8, 4) is 5.75 Å². The third kappa shape index (κ3) is 2.86. The van der Waals surface area contributed by atoms with Gasteiger partial charge in [0.05, 0.1) is 24.7 Å². The molecule has 2 bridgehead atoms. The van der Waals surface area contributed by atoms with Crippen molar-refractivity contribution < 1.29 is 14.0 Å². The lowest BCUT2D eigenvalue weighted by Gasteiger charge is -2.30. The highest BCUT2D eigenvalue weighted by molar-refractivity contribution is 6.31. The van der Waals surface area contributed by atoms with Gasteiger partial charge in [-0.25, -0.2) is 4.99 Å². The third-order valence-electron chi connectivity index (χ3n) is 4.41. The molecule has 7 nitrogen and oxygen atoms in total. The number of nitrogens with one attached hydrogen (secondary N) is 1. The maximum atomic E-state index is 14.2. The lowest BCUT2D eigenvalue weighted by molar-refractivity contribution is -0.135. The van der Waals surface area contributed by atoms with Gasteiger partial charge in [0.2, 0.25) is 6.17 Å². The van der Waals surface area contributed by atoms with Crippen LogP contribution < -0.4 is 10.1 Å². The first-order chi connectivity index (χ1) is 12.5. The lowest BCUT2D eigenvalue weighted by atomic mass is 10.1. The Labute approximate surface area is 154 Å². The van der Waals surface area contributed by atoms with Gasteiger partial charge in [0.25, 0.3) is 5.91 Å². The van der Waals surface area contributed by atoms with E-state index in [1.165, 1.54) is 11.1 Å². The summed E-state index contributed by atoms with van der Waals surface area (Å²) >= 11 is 6.36. The molecule has 0 aliphatic carbocycles. The maximum Gasteiger partial charge on any atom is 0.266 e. The molecule has 0 radical (unpaired) electrons. The number of aliphatic imine (C=N–C) groups is 1. The number of hydrogen-bond donors (Lipinski definition) is 1. The monoisotopic (exact) mass is 377 g/mol. The average molecular weight is 378 g/mol. The molecule has 0 spiro atoms. The molecular formula is C17H17ClFN5O2. The Morgan fingerprint density at radius 1 is 1.38 bits per heavy atom. The predicted octanol–water partition coefficient (Wildman–Crippen LogP) is 1.83. The fourth-order valence-electron chi connectivity index (χ4n) is 3.05. The molecule has 3 aliphatic rings. The van der Waals surface area contributed by atoms with Crippen molar-refractivity contribution in [2.45, 2.75) is 12.7 Å². The van der Waals surface area contributed by atoms with Crippen LogP contribution >= 0.6 is 11.6 Å². The fourth-order valence-corrected chi connectivity index (χ4v) is 3.28. The number of rotatable bonds is 0. The smallest absolute Gasteiger partial charge is 0.266 e. The van der Waals surface area contributed by atoms with Gasteiger partial charge in [0.15, 0.2) is 5.82 Å². The summed E-state index contributed by atoms with van der Waals surface area (Å²) in [5, 5.41) is 3.64. The minimum absolute atomic E-state index is 0.244. The molecule has 1 aromatic rings. The summed E-state index contributed by atoms with van der Waals surface area (Å²) in [4.78, 5) is 20.1. The van der Waals surface area contributed by atoms with Crippen LogP contribution in [-0.4, -0.2) is 53.4 Å².